The molecule has 0 aliphatic heterocycles. The van der Waals surface area contributed by atoms with Crippen LogP contribution >= 0.6 is 0 Å². The number of aromatic nitrogens is 1. The summed E-state index contributed by atoms with van der Waals surface area (Å²) in [5.41, 5.74) is 8.28. The van der Waals surface area contributed by atoms with Gasteiger partial charge < -0.3 is 11.1 Å². The van der Waals surface area contributed by atoms with E-state index in [0.29, 0.717) is 5.41 Å². The fourth-order valence-electron chi connectivity index (χ4n) is 2.55. The van der Waals surface area contributed by atoms with Crippen LogP contribution in [0.15, 0.2) is 12.1 Å². The summed E-state index contributed by atoms with van der Waals surface area (Å²) in [6.45, 7) is 3.05. The van der Waals surface area contributed by atoms with Crippen molar-refractivity contribution < 1.29 is 0 Å². The molecule has 3 N–H and O–H groups in total. The first-order valence-corrected chi connectivity index (χ1v) is 6.17. The fraction of sp³-hybridized carbons (Fsp3) is 0.615. The predicted molar refractivity (Wildman–Crippen MR) is 66.3 cm³/mol. The van der Waals surface area contributed by atoms with Crippen LogP contribution in [0.3, 0.4) is 0 Å². The quantitative estimate of drug-likeness (QED) is 0.815. The van der Waals surface area contributed by atoms with Gasteiger partial charge in [-0.25, -0.2) is 4.98 Å². The van der Waals surface area contributed by atoms with Crippen LogP contribution < -0.4 is 11.1 Å². The van der Waals surface area contributed by atoms with Gasteiger partial charge >= 0.3 is 0 Å². The van der Waals surface area contributed by atoms with E-state index in [4.69, 9.17) is 5.73 Å². The highest BCUT2D eigenvalue weighted by molar-refractivity contribution is 5.61. The summed E-state index contributed by atoms with van der Waals surface area (Å²) in [5, 5.41) is 3.44. The Hall–Kier alpha value is -1.25. The third-order valence-electron chi connectivity index (χ3n) is 4.01. The molecular weight excluding hydrogens is 198 g/mol. The van der Waals surface area contributed by atoms with Gasteiger partial charge in [0.1, 0.15) is 5.82 Å². The number of anilines is 2. The van der Waals surface area contributed by atoms with E-state index in [2.05, 4.69) is 10.3 Å². The summed E-state index contributed by atoms with van der Waals surface area (Å²) >= 11 is 0. The van der Waals surface area contributed by atoms with Gasteiger partial charge in [-0.3, -0.25) is 0 Å². The van der Waals surface area contributed by atoms with E-state index in [9.17, 15) is 0 Å². The number of pyridine rings is 1. The Bertz CT molecular complexity index is 406. The molecule has 0 amide bonds. The molecule has 3 heteroatoms. The van der Waals surface area contributed by atoms with Gasteiger partial charge in [0, 0.05) is 12.2 Å². The Balaban J connectivity index is 1.67. The highest BCUT2D eigenvalue weighted by atomic mass is 15.0. The van der Waals surface area contributed by atoms with Crippen molar-refractivity contribution in [3.8, 4) is 0 Å². The molecule has 16 heavy (non-hydrogen) atoms. The summed E-state index contributed by atoms with van der Waals surface area (Å²) in [6.07, 6.45) is 5.63. The van der Waals surface area contributed by atoms with Crippen LogP contribution in [0.25, 0.3) is 0 Å². The van der Waals surface area contributed by atoms with Crippen LogP contribution in [-0.2, 0) is 0 Å². The maximum atomic E-state index is 5.91. The number of hydrogen-bond acceptors (Lipinski definition) is 3. The first-order chi connectivity index (χ1) is 7.70. The Morgan fingerprint density at radius 1 is 1.44 bits per heavy atom. The molecule has 2 fully saturated rings. The molecule has 0 bridgehead atoms. The van der Waals surface area contributed by atoms with E-state index in [1.807, 2.05) is 19.1 Å². The lowest BCUT2D eigenvalue weighted by Gasteiger charge is -2.16. The van der Waals surface area contributed by atoms with E-state index >= 15 is 0 Å². The number of nitrogen functional groups attached to an aromatic ring is 1. The molecule has 3 nitrogen and oxygen atoms in total. The second-order valence-corrected chi connectivity index (χ2v) is 5.38. The topological polar surface area (TPSA) is 50.9 Å². The molecule has 3 rings (SSSR count). The smallest absolute Gasteiger partial charge is 0.149 e. The van der Waals surface area contributed by atoms with Crippen LogP contribution in [0.2, 0.25) is 0 Å². The summed E-state index contributed by atoms with van der Waals surface area (Å²) < 4.78 is 0. The lowest BCUT2D eigenvalue weighted by atomic mass is 10.0. The van der Waals surface area contributed by atoms with Gasteiger partial charge in [-0.05, 0) is 56.1 Å². The SMILES string of the molecule is Cc1ccc(N)c(NCC2(C3CC3)CC2)n1. The zero-order valence-corrected chi connectivity index (χ0v) is 9.79. The third kappa shape index (κ3) is 1.75. The highest BCUT2D eigenvalue weighted by Crippen LogP contribution is 2.61. The van der Waals surface area contributed by atoms with Crippen LogP contribution in [0.5, 0.6) is 0 Å². The minimum absolute atomic E-state index is 0.595. The average Bonchev–Trinajstić information content (AvgIpc) is 3.13. The summed E-state index contributed by atoms with van der Waals surface area (Å²) in [4.78, 5) is 4.45. The van der Waals surface area contributed by atoms with E-state index in [1.54, 1.807) is 0 Å². The van der Waals surface area contributed by atoms with E-state index < -0.39 is 0 Å². The molecule has 1 aromatic rings. The molecule has 2 aliphatic rings. The number of nitrogens with one attached hydrogen (secondary N) is 1. The standard InChI is InChI=1S/C13H19N3/c1-9-2-5-11(14)12(16-9)15-8-13(6-7-13)10-3-4-10/h2,5,10H,3-4,6-8,14H2,1H3,(H,15,16). The van der Waals surface area contributed by atoms with Crippen molar-refractivity contribution in [3.05, 3.63) is 17.8 Å². The molecular formula is C13H19N3. The molecule has 2 saturated carbocycles. The zero-order chi connectivity index (χ0) is 11.2. The van der Waals surface area contributed by atoms with Gasteiger partial charge in [-0.15, -0.1) is 0 Å². The van der Waals surface area contributed by atoms with E-state index in [1.165, 1.54) is 25.7 Å². The largest absolute Gasteiger partial charge is 0.396 e. The molecule has 0 spiro atoms. The minimum Gasteiger partial charge on any atom is -0.396 e. The van der Waals surface area contributed by atoms with Crippen molar-refractivity contribution in [3.63, 3.8) is 0 Å². The average molecular weight is 217 g/mol. The number of aryl methyl sites for hydroxylation is 1. The molecule has 0 atom stereocenters. The third-order valence-corrected chi connectivity index (χ3v) is 4.01. The molecule has 0 unspecified atom stereocenters. The van der Waals surface area contributed by atoms with Gasteiger partial charge in [-0.2, -0.15) is 0 Å². The molecule has 0 saturated heterocycles. The zero-order valence-electron chi connectivity index (χ0n) is 9.79. The molecule has 2 aliphatic carbocycles. The lowest BCUT2D eigenvalue weighted by molar-refractivity contribution is 0.466. The summed E-state index contributed by atoms with van der Waals surface area (Å²) in [5.74, 6) is 1.85. The first-order valence-electron chi connectivity index (χ1n) is 6.17. The van der Waals surface area contributed by atoms with Gasteiger partial charge in [0.2, 0.25) is 0 Å². The second-order valence-electron chi connectivity index (χ2n) is 5.38. The summed E-state index contributed by atoms with van der Waals surface area (Å²) in [7, 11) is 0. The molecule has 0 radical (unpaired) electrons. The first kappa shape index (κ1) is 9.94. The van der Waals surface area contributed by atoms with Gasteiger partial charge in [0.05, 0.1) is 5.69 Å². The van der Waals surface area contributed by atoms with Crippen LogP contribution in [-0.4, -0.2) is 11.5 Å². The summed E-state index contributed by atoms with van der Waals surface area (Å²) in [6, 6.07) is 3.88. The van der Waals surface area contributed by atoms with Gasteiger partial charge in [0.25, 0.3) is 0 Å². The van der Waals surface area contributed by atoms with Crippen molar-refractivity contribution in [1.29, 1.82) is 0 Å². The number of hydrogen-bond donors (Lipinski definition) is 2. The number of rotatable bonds is 4. The Morgan fingerprint density at radius 3 is 2.81 bits per heavy atom. The van der Waals surface area contributed by atoms with E-state index in [0.717, 1.165) is 29.7 Å². The van der Waals surface area contributed by atoms with Crippen molar-refractivity contribution in [2.75, 3.05) is 17.6 Å². The van der Waals surface area contributed by atoms with E-state index in [-0.39, 0.29) is 0 Å². The molecule has 86 valence electrons. The predicted octanol–water partition coefficient (Wildman–Crippen LogP) is 2.57. The molecule has 1 aromatic heterocycles. The van der Waals surface area contributed by atoms with Crippen molar-refractivity contribution in [2.45, 2.75) is 32.6 Å². The normalized spacial score (nSPS) is 21.8. The minimum atomic E-state index is 0.595. The van der Waals surface area contributed by atoms with Crippen LogP contribution in [0.4, 0.5) is 11.5 Å². The monoisotopic (exact) mass is 217 g/mol. The number of nitrogens with two attached hydrogens (primary N) is 1. The van der Waals surface area contributed by atoms with Gasteiger partial charge in [-0.1, -0.05) is 0 Å². The van der Waals surface area contributed by atoms with Crippen molar-refractivity contribution in [1.82, 2.24) is 4.98 Å². The van der Waals surface area contributed by atoms with Crippen molar-refractivity contribution in [2.24, 2.45) is 11.3 Å². The van der Waals surface area contributed by atoms with Crippen LogP contribution in [0.1, 0.15) is 31.4 Å². The second kappa shape index (κ2) is 3.37. The van der Waals surface area contributed by atoms with Crippen molar-refractivity contribution >= 4 is 11.5 Å². The molecule has 1 heterocycles. The Labute approximate surface area is 96.4 Å². The highest BCUT2D eigenvalue weighted by Gasteiger charge is 2.53. The Morgan fingerprint density at radius 2 is 2.19 bits per heavy atom. The fourth-order valence-corrected chi connectivity index (χ4v) is 2.55. The Kier molecular flexibility index (Phi) is 2.09. The van der Waals surface area contributed by atoms with Gasteiger partial charge in [0.15, 0.2) is 0 Å². The lowest BCUT2D eigenvalue weighted by Crippen LogP contribution is -2.18. The molecule has 0 aromatic carbocycles. The number of nitrogens with zero attached hydrogens (tertiary/aromatic N) is 1. The maximum absolute atomic E-state index is 5.91. The van der Waals surface area contributed by atoms with Crippen LogP contribution in [0, 0.1) is 18.3 Å². The maximum Gasteiger partial charge on any atom is 0.149 e.